The van der Waals surface area contributed by atoms with Crippen molar-refractivity contribution in [2.75, 3.05) is 6.54 Å². The highest BCUT2D eigenvalue weighted by atomic mass is 16.2. The van der Waals surface area contributed by atoms with Gasteiger partial charge in [0.1, 0.15) is 12.1 Å². The zero-order valence-electron chi connectivity index (χ0n) is 15.3. The highest BCUT2D eigenvalue weighted by molar-refractivity contribution is 6.14. The second-order valence-electron chi connectivity index (χ2n) is 7.59. The van der Waals surface area contributed by atoms with E-state index in [1.165, 1.54) is 4.90 Å². The molecule has 0 radical (unpaired) electrons. The Labute approximate surface area is 148 Å². The van der Waals surface area contributed by atoms with Crippen LogP contribution >= 0.6 is 0 Å². The van der Waals surface area contributed by atoms with Crippen LogP contribution in [0.5, 0.6) is 0 Å². The third-order valence-electron chi connectivity index (χ3n) is 4.50. The average Bonchev–Trinajstić information content (AvgIpc) is 2.57. The maximum Gasteiger partial charge on any atom is 0.248 e. The van der Waals surface area contributed by atoms with E-state index < -0.39 is 29.3 Å². The standard InChI is InChI=1S/C19H27N3O3/c1-12(2)10-14-17(24)21-11-19(3,4)22(14)18(25)15(20)16(23)13-8-6-5-7-9-13/h5-9,12,14-15H,10-11,20H2,1-4H3,(H,21,24). The van der Waals surface area contributed by atoms with Crippen LogP contribution in [-0.4, -0.2) is 46.7 Å². The van der Waals surface area contributed by atoms with Gasteiger partial charge in [0.15, 0.2) is 5.78 Å². The fourth-order valence-electron chi connectivity index (χ4n) is 3.20. The number of Topliss-reactive ketones (excluding diaryl/α,β-unsaturated/α-hetero) is 1. The Balaban J connectivity index is 2.31. The lowest BCUT2D eigenvalue weighted by Gasteiger charge is -2.48. The number of nitrogens with one attached hydrogen (secondary N) is 1. The summed E-state index contributed by atoms with van der Waals surface area (Å²) in [6.45, 7) is 8.06. The summed E-state index contributed by atoms with van der Waals surface area (Å²) < 4.78 is 0. The van der Waals surface area contributed by atoms with E-state index in [1.807, 2.05) is 27.7 Å². The number of hydrogen-bond acceptors (Lipinski definition) is 4. The van der Waals surface area contributed by atoms with Crippen molar-refractivity contribution < 1.29 is 14.4 Å². The van der Waals surface area contributed by atoms with Crippen LogP contribution in [0.1, 0.15) is 44.5 Å². The third kappa shape index (κ3) is 4.07. The van der Waals surface area contributed by atoms with Crippen LogP contribution in [0.4, 0.5) is 0 Å². The lowest BCUT2D eigenvalue weighted by Crippen LogP contribution is -2.70. The van der Waals surface area contributed by atoms with E-state index >= 15 is 0 Å². The minimum absolute atomic E-state index is 0.194. The van der Waals surface area contributed by atoms with Gasteiger partial charge in [-0.1, -0.05) is 44.2 Å². The van der Waals surface area contributed by atoms with Gasteiger partial charge in [-0.3, -0.25) is 14.4 Å². The molecule has 6 nitrogen and oxygen atoms in total. The van der Waals surface area contributed by atoms with Gasteiger partial charge in [-0.25, -0.2) is 0 Å². The van der Waals surface area contributed by atoms with E-state index in [9.17, 15) is 14.4 Å². The SMILES string of the molecule is CC(C)CC1C(=O)NCC(C)(C)N1C(=O)C(N)C(=O)c1ccccc1. The molecule has 1 heterocycles. The monoisotopic (exact) mass is 345 g/mol. The van der Waals surface area contributed by atoms with Gasteiger partial charge in [0.25, 0.3) is 0 Å². The van der Waals surface area contributed by atoms with Crippen LogP contribution < -0.4 is 11.1 Å². The van der Waals surface area contributed by atoms with Crippen molar-refractivity contribution in [3.05, 3.63) is 35.9 Å². The first kappa shape index (κ1) is 19.1. The van der Waals surface area contributed by atoms with Crippen molar-refractivity contribution in [1.82, 2.24) is 10.2 Å². The molecule has 1 aliphatic rings. The van der Waals surface area contributed by atoms with Crippen LogP contribution in [-0.2, 0) is 9.59 Å². The lowest BCUT2D eigenvalue weighted by atomic mass is 9.89. The molecule has 0 spiro atoms. The van der Waals surface area contributed by atoms with Crippen LogP contribution in [0.2, 0.25) is 0 Å². The number of piperazine rings is 1. The summed E-state index contributed by atoms with van der Waals surface area (Å²) in [5.74, 6) is -0.906. The molecule has 0 bridgehead atoms. The number of carbonyl (C=O) groups excluding carboxylic acids is 3. The van der Waals surface area contributed by atoms with Gasteiger partial charge in [-0.2, -0.15) is 0 Å². The maximum atomic E-state index is 13.1. The minimum atomic E-state index is -1.32. The highest BCUT2D eigenvalue weighted by Gasteiger charge is 2.46. The largest absolute Gasteiger partial charge is 0.352 e. The van der Waals surface area contributed by atoms with E-state index in [0.29, 0.717) is 18.5 Å². The van der Waals surface area contributed by atoms with Gasteiger partial charge in [-0.15, -0.1) is 0 Å². The second-order valence-corrected chi connectivity index (χ2v) is 7.59. The van der Waals surface area contributed by atoms with Crippen LogP contribution in [0.3, 0.4) is 0 Å². The van der Waals surface area contributed by atoms with E-state index in [4.69, 9.17) is 5.73 Å². The molecular weight excluding hydrogens is 318 g/mol. The summed E-state index contributed by atoms with van der Waals surface area (Å²) in [4.78, 5) is 39.5. The number of nitrogens with two attached hydrogens (primary N) is 1. The van der Waals surface area contributed by atoms with Gasteiger partial charge < -0.3 is 16.0 Å². The quantitative estimate of drug-likeness (QED) is 0.622. The van der Waals surface area contributed by atoms with Crippen LogP contribution in [0.25, 0.3) is 0 Å². The normalized spacial score (nSPS) is 21.0. The molecule has 1 aromatic carbocycles. The number of carbonyl (C=O) groups is 3. The molecule has 25 heavy (non-hydrogen) atoms. The number of nitrogens with zero attached hydrogens (tertiary/aromatic N) is 1. The predicted octanol–water partition coefficient (Wildman–Crippen LogP) is 1.35. The van der Waals surface area contributed by atoms with Crippen molar-refractivity contribution in [2.24, 2.45) is 11.7 Å². The number of hydrogen-bond donors (Lipinski definition) is 2. The van der Waals surface area contributed by atoms with Crippen molar-refractivity contribution in [3.8, 4) is 0 Å². The van der Waals surface area contributed by atoms with Gasteiger partial charge in [0.05, 0.1) is 5.54 Å². The van der Waals surface area contributed by atoms with Crippen molar-refractivity contribution in [3.63, 3.8) is 0 Å². The predicted molar refractivity (Wildman–Crippen MR) is 95.9 cm³/mol. The molecule has 0 saturated carbocycles. The molecule has 1 saturated heterocycles. The number of rotatable bonds is 5. The summed E-state index contributed by atoms with van der Waals surface area (Å²) >= 11 is 0. The molecule has 1 aromatic rings. The molecule has 3 N–H and O–H groups in total. The molecular formula is C19H27N3O3. The molecule has 2 rings (SSSR count). The Morgan fingerprint density at radius 3 is 2.44 bits per heavy atom. The number of benzene rings is 1. The summed E-state index contributed by atoms with van der Waals surface area (Å²) in [5, 5.41) is 2.85. The smallest absolute Gasteiger partial charge is 0.248 e. The van der Waals surface area contributed by atoms with Gasteiger partial charge in [0.2, 0.25) is 11.8 Å². The second kappa shape index (κ2) is 7.35. The van der Waals surface area contributed by atoms with Crippen molar-refractivity contribution in [1.29, 1.82) is 0 Å². The zero-order chi connectivity index (χ0) is 18.8. The van der Waals surface area contributed by atoms with Crippen LogP contribution in [0.15, 0.2) is 30.3 Å². The Morgan fingerprint density at radius 1 is 1.28 bits per heavy atom. The van der Waals surface area contributed by atoms with E-state index in [2.05, 4.69) is 5.32 Å². The molecule has 2 unspecified atom stereocenters. The topological polar surface area (TPSA) is 92.5 Å². The zero-order valence-corrected chi connectivity index (χ0v) is 15.3. The highest BCUT2D eigenvalue weighted by Crippen LogP contribution is 2.26. The van der Waals surface area contributed by atoms with E-state index in [0.717, 1.165) is 0 Å². The van der Waals surface area contributed by atoms with Gasteiger partial charge in [-0.05, 0) is 26.2 Å². The van der Waals surface area contributed by atoms with Crippen molar-refractivity contribution >= 4 is 17.6 Å². The first-order valence-corrected chi connectivity index (χ1v) is 8.61. The Morgan fingerprint density at radius 2 is 1.88 bits per heavy atom. The third-order valence-corrected chi connectivity index (χ3v) is 4.50. The van der Waals surface area contributed by atoms with E-state index in [-0.39, 0.29) is 11.8 Å². The fraction of sp³-hybridized carbons (Fsp3) is 0.526. The molecule has 6 heteroatoms. The fourth-order valence-corrected chi connectivity index (χ4v) is 3.20. The Hall–Kier alpha value is -2.21. The Kier molecular flexibility index (Phi) is 5.62. The average molecular weight is 345 g/mol. The number of amides is 2. The molecule has 136 valence electrons. The lowest BCUT2D eigenvalue weighted by molar-refractivity contribution is -0.152. The molecule has 2 atom stereocenters. The Bertz CT molecular complexity index is 655. The molecule has 2 amide bonds. The van der Waals surface area contributed by atoms with Crippen molar-refractivity contribution in [2.45, 2.75) is 51.7 Å². The maximum absolute atomic E-state index is 13.1. The van der Waals surface area contributed by atoms with Gasteiger partial charge in [0, 0.05) is 12.1 Å². The summed E-state index contributed by atoms with van der Waals surface area (Å²) in [6.07, 6.45) is 0.521. The van der Waals surface area contributed by atoms with E-state index in [1.54, 1.807) is 30.3 Å². The van der Waals surface area contributed by atoms with Gasteiger partial charge >= 0.3 is 0 Å². The number of ketones is 1. The summed E-state index contributed by atoms with van der Waals surface area (Å²) in [7, 11) is 0. The first-order chi connectivity index (χ1) is 11.6. The summed E-state index contributed by atoms with van der Waals surface area (Å²) in [5.41, 5.74) is 5.79. The molecule has 1 aliphatic heterocycles. The van der Waals surface area contributed by atoms with Crippen LogP contribution in [0, 0.1) is 5.92 Å². The summed E-state index contributed by atoms with van der Waals surface area (Å²) in [6, 6.07) is 6.58. The molecule has 1 fully saturated rings. The minimum Gasteiger partial charge on any atom is -0.352 e. The first-order valence-electron chi connectivity index (χ1n) is 8.61. The molecule has 0 aliphatic carbocycles. The molecule has 0 aromatic heterocycles.